The Morgan fingerprint density at radius 1 is 1.08 bits per heavy atom. The van der Waals surface area contributed by atoms with Gasteiger partial charge in [-0.1, -0.05) is 61.9 Å². The highest BCUT2D eigenvalue weighted by Crippen LogP contribution is 2.43. The van der Waals surface area contributed by atoms with E-state index >= 15 is 0 Å². The summed E-state index contributed by atoms with van der Waals surface area (Å²) in [6, 6.07) is 18.4. The van der Waals surface area contributed by atoms with E-state index in [-0.39, 0.29) is 17.9 Å². The third-order valence-electron chi connectivity index (χ3n) is 5.03. The normalized spacial score (nSPS) is 15.4. The van der Waals surface area contributed by atoms with Gasteiger partial charge in [-0.3, -0.25) is 4.79 Å². The van der Waals surface area contributed by atoms with Gasteiger partial charge in [0.2, 0.25) is 0 Å². The van der Waals surface area contributed by atoms with Crippen LogP contribution in [0.1, 0.15) is 37.3 Å². The molecule has 2 aromatic carbocycles. The van der Waals surface area contributed by atoms with Crippen molar-refractivity contribution in [2.75, 3.05) is 13.2 Å². The van der Waals surface area contributed by atoms with Crippen LogP contribution in [0.2, 0.25) is 0 Å². The number of nitrogens with one attached hydrogen (secondary N) is 1. The Bertz CT molecular complexity index is 677. The number of carbonyl (C=O) groups excluding carboxylic acids is 1. The lowest BCUT2D eigenvalue weighted by atomic mass is 9.64. The van der Waals surface area contributed by atoms with Gasteiger partial charge in [0.15, 0.2) is 6.61 Å². The fraction of sp³-hybridized carbons (Fsp3) is 0.381. The van der Waals surface area contributed by atoms with Gasteiger partial charge in [0.1, 0.15) is 5.75 Å². The van der Waals surface area contributed by atoms with E-state index in [1.807, 2.05) is 30.3 Å². The van der Waals surface area contributed by atoms with Gasteiger partial charge in [-0.2, -0.15) is 0 Å². The topological polar surface area (TPSA) is 38.3 Å². The van der Waals surface area contributed by atoms with Crippen molar-refractivity contribution >= 4 is 5.91 Å². The largest absolute Gasteiger partial charge is 0.483 e. The van der Waals surface area contributed by atoms with E-state index in [1.165, 1.54) is 12.0 Å². The minimum Gasteiger partial charge on any atom is -0.483 e. The molecule has 1 aliphatic carbocycles. The number of hydrogen-bond donors (Lipinski definition) is 1. The zero-order chi connectivity index (χ0) is 16.8. The maximum Gasteiger partial charge on any atom is 0.257 e. The van der Waals surface area contributed by atoms with Crippen molar-refractivity contribution in [3.63, 3.8) is 0 Å². The van der Waals surface area contributed by atoms with Crippen LogP contribution in [0.3, 0.4) is 0 Å². The summed E-state index contributed by atoms with van der Waals surface area (Å²) >= 11 is 0. The van der Waals surface area contributed by atoms with Crippen molar-refractivity contribution in [3.05, 3.63) is 65.7 Å². The predicted molar refractivity (Wildman–Crippen MR) is 96.3 cm³/mol. The second-order valence-corrected chi connectivity index (χ2v) is 6.53. The van der Waals surface area contributed by atoms with Crippen LogP contribution < -0.4 is 10.1 Å². The number of benzene rings is 2. The zero-order valence-corrected chi connectivity index (χ0v) is 14.3. The van der Waals surface area contributed by atoms with Crippen LogP contribution in [0.5, 0.6) is 5.75 Å². The molecule has 0 radical (unpaired) electrons. The van der Waals surface area contributed by atoms with Gasteiger partial charge in [0.25, 0.3) is 5.91 Å². The molecule has 1 amide bonds. The molecule has 3 heteroatoms. The van der Waals surface area contributed by atoms with E-state index in [0.717, 1.165) is 30.6 Å². The second kappa shape index (κ2) is 7.52. The van der Waals surface area contributed by atoms with Gasteiger partial charge in [0, 0.05) is 12.0 Å². The minimum atomic E-state index is -0.0527. The van der Waals surface area contributed by atoms with Crippen molar-refractivity contribution in [3.8, 4) is 5.75 Å². The van der Waals surface area contributed by atoms with Crippen LogP contribution in [-0.2, 0) is 16.6 Å². The van der Waals surface area contributed by atoms with Crippen LogP contribution in [0.25, 0.3) is 0 Å². The maximum absolute atomic E-state index is 12.2. The summed E-state index contributed by atoms with van der Waals surface area (Å²) in [5.41, 5.74) is 2.57. The summed E-state index contributed by atoms with van der Waals surface area (Å²) in [6.45, 7) is 2.85. The molecule has 126 valence electrons. The van der Waals surface area contributed by atoms with Crippen LogP contribution in [0, 0.1) is 0 Å². The van der Waals surface area contributed by atoms with Crippen molar-refractivity contribution in [2.24, 2.45) is 0 Å². The standard InChI is InChI=1S/C21H25NO2/c1-2-17-9-6-7-12-19(17)24-15-20(23)22-16-21(13-8-14-21)18-10-4-3-5-11-18/h3-7,9-12H,2,8,13-16H2,1H3,(H,22,23). The first kappa shape index (κ1) is 16.6. The summed E-state index contributed by atoms with van der Waals surface area (Å²) < 4.78 is 5.70. The van der Waals surface area contributed by atoms with Crippen molar-refractivity contribution in [2.45, 2.75) is 38.0 Å². The van der Waals surface area contributed by atoms with Crippen LogP contribution in [-0.4, -0.2) is 19.1 Å². The van der Waals surface area contributed by atoms with E-state index in [1.54, 1.807) is 0 Å². The number of para-hydroxylation sites is 1. The summed E-state index contributed by atoms with van der Waals surface area (Å²) in [7, 11) is 0. The Kier molecular flexibility index (Phi) is 5.19. The van der Waals surface area contributed by atoms with Gasteiger partial charge in [-0.05, 0) is 36.5 Å². The molecule has 1 aliphatic rings. The quantitative estimate of drug-likeness (QED) is 0.840. The number of rotatable bonds is 7. The van der Waals surface area contributed by atoms with Crippen LogP contribution in [0.15, 0.2) is 54.6 Å². The molecule has 0 spiro atoms. The number of carbonyl (C=O) groups is 1. The molecule has 0 unspecified atom stereocenters. The van der Waals surface area contributed by atoms with E-state index in [4.69, 9.17) is 4.74 Å². The molecule has 1 fully saturated rings. The van der Waals surface area contributed by atoms with E-state index in [2.05, 4.69) is 36.5 Å². The van der Waals surface area contributed by atoms with Gasteiger partial charge in [-0.25, -0.2) is 0 Å². The molecule has 1 N–H and O–H groups in total. The molecule has 0 atom stereocenters. The van der Waals surface area contributed by atoms with Gasteiger partial charge < -0.3 is 10.1 Å². The molecule has 0 bridgehead atoms. The Morgan fingerprint density at radius 3 is 2.46 bits per heavy atom. The lowest BCUT2D eigenvalue weighted by molar-refractivity contribution is -0.123. The lowest BCUT2D eigenvalue weighted by Crippen LogP contribution is -2.46. The van der Waals surface area contributed by atoms with Crippen LogP contribution in [0.4, 0.5) is 0 Å². The fourth-order valence-electron chi connectivity index (χ4n) is 3.36. The molecule has 3 nitrogen and oxygen atoms in total. The molecule has 0 aromatic heterocycles. The molecule has 2 aromatic rings. The summed E-state index contributed by atoms with van der Waals surface area (Å²) in [6.07, 6.45) is 4.40. The number of hydrogen-bond acceptors (Lipinski definition) is 2. The van der Waals surface area contributed by atoms with Crippen molar-refractivity contribution in [1.82, 2.24) is 5.32 Å². The first-order valence-electron chi connectivity index (χ1n) is 8.76. The molecular formula is C21H25NO2. The molecule has 0 heterocycles. The van der Waals surface area contributed by atoms with E-state index in [0.29, 0.717) is 6.54 Å². The second-order valence-electron chi connectivity index (χ2n) is 6.53. The molecule has 3 rings (SSSR count). The monoisotopic (exact) mass is 323 g/mol. The third kappa shape index (κ3) is 3.61. The summed E-state index contributed by atoms with van der Waals surface area (Å²) in [5, 5.41) is 3.07. The van der Waals surface area contributed by atoms with E-state index < -0.39 is 0 Å². The molecule has 24 heavy (non-hydrogen) atoms. The fourth-order valence-corrected chi connectivity index (χ4v) is 3.36. The van der Waals surface area contributed by atoms with Crippen molar-refractivity contribution < 1.29 is 9.53 Å². The van der Waals surface area contributed by atoms with E-state index in [9.17, 15) is 4.79 Å². The number of ether oxygens (including phenoxy) is 1. The molecule has 0 saturated heterocycles. The summed E-state index contributed by atoms with van der Waals surface area (Å²) in [4.78, 5) is 12.2. The minimum absolute atomic E-state index is 0.0527. The average molecular weight is 323 g/mol. The SMILES string of the molecule is CCc1ccccc1OCC(=O)NCC1(c2ccccc2)CCC1. The lowest BCUT2D eigenvalue weighted by Gasteiger charge is -2.42. The Balaban J connectivity index is 1.54. The number of aryl methyl sites for hydroxylation is 1. The molecule has 0 aliphatic heterocycles. The Hall–Kier alpha value is -2.29. The predicted octanol–water partition coefficient (Wildman–Crippen LogP) is 3.87. The summed E-state index contributed by atoms with van der Waals surface area (Å²) in [5.74, 6) is 0.750. The Labute approximate surface area is 144 Å². The highest BCUT2D eigenvalue weighted by atomic mass is 16.5. The average Bonchev–Trinajstić information content (AvgIpc) is 2.60. The van der Waals surface area contributed by atoms with Gasteiger partial charge in [0.05, 0.1) is 0 Å². The third-order valence-corrected chi connectivity index (χ3v) is 5.03. The number of amides is 1. The smallest absolute Gasteiger partial charge is 0.257 e. The van der Waals surface area contributed by atoms with Gasteiger partial charge >= 0.3 is 0 Å². The van der Waals surface area contributed by atoms with Gasteiger partial charge in [-0.15, -0.1) is 0 Å². The molecule has 1 saturated carbocycles. The zero-order valence-electron chi connectivity index (χ0n) is 14.3. The molecular weight excluding hydrogens is 298 g/mol. The first-order chi connectivity index (χ1) is 11.7. The van der Waals surface area contributed by atoms with Crippen molar-refractivity contribution in [1.29, 1.82) is 0 Å². The highest BCUT2D eigenvalue weighted by molar-refractivity contribution is 5.77. The Morgan fingerprint density at radius 2 is 1.79 bits per heavy atom. The first-order valence-corrected chi connectivity index (χ1v) is 8.76. The maximum atomic E-state index is 12.2. The highest BCUT2D eigenvalue weighted by Gasteiger charge is 2.38. The van der Waals surface area contributed by atoms with Crippen LogP contribution >= 0.6 is 0 Å².